The van der Waals surface area contributed by atoms with Gasteiger partial charge in [-0.1, -0.05) is 12.1 Å². The Labute approximate surface area is 145 Å². The third-order valence-electron chi connectivity index (χ3n) is 4.63. The fourth-order valence-electron chi connectivity index (χ4n) is 3.01. The van der Waals surface area contributed by atoms with Gasteiger partial charge in [0.05, 0.1) is 24.8 Å². The minimum absolute atomic E-state index is 0.0561. The molecule has 0 spiro atoms. The Morgan fingerprint density at radius 2 is 2.12 bits per heavy atom. The van der Waals surface area contributed by atoms with Crippen LogP contribution in [0.5, 0.6) is 5.75 Å². The molecule has 7 heteroatoms. The van der Waals surface area contributed by atoms with Gasteiger partial charge in [0.15, 0.2) is 6.10 Å². The molecule has 2 aliphatic rings. The number of carbonyl (C=O) groups is 1. The van der Waals surface area contributed by atoms with Gasteiger partial charge in [0.25, 0.3) is 5.91 Å². The second kappa shape index (κ2) is 6.84. The summed E-state index contributed by atoms with van der Waals surface area (Å²) in [6.45, 7) is 3.08. The molecule has 1 saturated carbocycles. The van der Waals surface area contributed by atoms with E-state index in [0.717, 1.165) is 12.8 Å². The number of aryl methyl sites for hydroxylation is 1. The van der Waals surface area contributed by atoms with E-state index in [1.54, 1.807) is 11.8 Å². The zero-order chi connectivity index (χ0) is 17.2. The summed E-state index contributed by atoms with van der Waals surface area (Å²) >= 11 is 0. The highest BCUT2D eigenvalue weighted by atomic mass is 16.5. The number of benzene rings is 1. The Hall–Kier alpha value is -2.41. The van der Waals surface area contributed by atoms with Crippen LogP contribution in [0.1, 0.15) is 47.5 Å². The Balaban J connectivity index is 1.50. The summed E-state index contributed by atoms with van der Waals surface area (Å²) < 4.78 is 17.1. The van der Waals surface area contributed by atoms with E-state index in [1.807, 2.05) is 24.3 Å². The Bertz CT molecular complexity index is 756. The van der Waals surface area contributed by atoms with Gasteiger partial charge in [0.2, 0.25) is 11.8 Å². The second-order valence-electron chi connectivity index (χ2n) is 6.44. The number of rotatable bonds is 4. The fraction of sp³-hybridized carbons (Fsp3) is 0.500. The number of ether oxygens (including phenoxy) is 2. The van der Waals surface area contributed by atoms with Crippen LogP contribution in [0.4, 0.5) is 0 Å². The SMILES string of the molecule is Cc1nnc([C@H]2CN(C(=O)c3ccccc3OC3CCC3)CCO2)o1. The molecule has 0 N–H and O–H groups in total. The van der Waals surface area contributed by atoms with E-state index in [-0.39, 0.29) is 12.0 Å². The lowest BCUT2D eigenvalue weighted by Crippen LogP contribution is -2.42. The molecule has 2 aromatic rings. The molecular formula is C18H21N3O4. The lowest BCUT2D eigenvalue weighted by Gasteiger charge is -2.32. The Morgan fingerprint density at radius 1 is 1.28 bits per heavy atom. The summed E-state index contributed by atoms with van der Waals surface area (Å²) in [4.78, 5) is 14.8. The van der Waals surface area contributed by atoms with Gasteiger partial charge in [-0.15, -0.1) is 10.2 Å². The van der Waals surface area contributed by atoms with Gasteiger partial charge in [-0.2, -0.15) is 0 Å². The van der Waals surface area contributed by atoms with Crippen molar-refractivity contribution in [2.24, 2.45) is 0 Å². The van der Waals surface area contributed by atoms with E-state index >= 15 is 0 Å². The predicted molar refractivity (Wildman–Crippen MR) is 88.3 cm³/mol. The highest BCUT2D eigenvalue weighted by molar-refractivity contribution is 5.97. The van der Waals surface area contributed by atoms with Gasteiger partial charge >= 0.3 is 0 Å². The summed E-state index contributed by atoms with van der Waals surface area (Å²) in [6.07, 6.45) is 3.14. The van der Waals surface area contributed by atoms with Gasteiger partial charge in [0.1, 0.15) is 5.75 Å². The summed E-state index contributed by atoms with van der Waals surface area (Å²) in [6, 6.07) is 7.44. The standard InChI is InChI=1S/C18H21N3O4/c1-12-19-20-17(24-12)16-11-21(9-10-23-16)18(22)14-7-2-3-8-15(14)25-13-5-4-6-13/h2-3,7-8,13,16H,4-6,9-11H2,1H3/t16-/m1/s1. The first-order valence-corrected chi connectivity index (χ1v) is 8.67. The molecule has 1 aliphatic heterocycles. The highest BCUT2D eigenvalue weighted by Gasteiger charge is 2.31. The van der Waals surface area contributed by atoms with Crippen LogP contribution in [-0.4, -0.2) is 46.8 Å². The third-order valence-corrected chi connectivity index (χ3v) is 4.63. The monoisotopic (exact) mass is 343 g/mol. The minimum atomic E-state index is -0.390. The predicted octanol–water partition coefficient (Wildman–Crippen LogP) is 2.52. The molecule has 1 saturated heterocycles. The summed E-state index contributed by atoms with van der Waals surface area (Å²) in [5, 5.41) is 7.84. The van der Waals surface area contributed by atoms with Crippen molar-refractivity contribution in [3.8, 4) is 5.75 Å². The number of aromatic nitrogens is 2. The van der Waals surface area contributed by atoms with Crippen LogP contribution < -0.4 is 4.74 Å². The molecule has 4 rings (SSSR count). The molecule has 7 nitrogen and oxygen atoms in total. The van der Waals surface area contributed by atoms with Crippen molar-refractivity contribution in [2.75, 3.05) is 19.7 Å². The maximum Gasteiger partial charge on any atom is 0.257 e. The van der Waals surface area contributed by atoms with Crippen molar-refractivity contribution in [1.82, 2.24) is 15.1 Å². The van der Waals surface area contributed by atoms with Crippen molar-refractivity contribution >= 4 is 5.91 Å². The van der Waals surface area contributed by atoms with Crippen molar-refractivity contribution < 1.29 is 18.7 Å². The molecule has 1 atom stereocenters. The van der Waals surface area contributed by atoms with E-state index in [0.29, 0.717) is 42.8 Å². The molecule has 1 aromatic heterocycles. The summed E-state index contributed by atoms with van der Waals surface area (Å²) in [5.41, 5.74) is 0.594. The molecule has 132 valence electrons. The van der Waals surface area contributed by atoms with Crippen molar-refractivity contribution in [3.63, 3.8) is 0 Å². The number of morpholine rings is 1. The number of nitrogens with zero attached hydrogens (tertiary/aromatic N) is 3. The number of hydrogen-bond donors (Lipinski definition) is 0. The van der Waals surface area contributed by atoms with Crippen LogP contribution in [0.3, 0.4) is 0 Å². The van der Waals surface area contributed by atoms with Crippen LogP contribution in [0.2, 0.25) is 0 Å². The zero-order valence-electron chi connectivity index (χ0n) is 14.2. The first kappa shape index (κ1) is 16.1. The molecule has 2 fully saturated rings. The van der Waals surface area contributed by atoms with E-state index in [1.165, 1.54) is 6.42 Å². The molecule has 0 unspecified atom stereocenters. The first-order chi connectivity index (χ1) is 12.2. The van der Waals surface area contributed by atoms with Gasteiger partial charge < -0.3 is 18.8 Å². The zero-order valence-corrected chi connectivity index (χ0v) is 14.2. The molecule has 1 amide bonds. The molecule has 25 heavy (non-hydrogen) atoms. The quantitative estimate of drug-likeness (QED) is 0.849. The molecule has 0 radical (unpaired) electrons. The Kier molecular flexibility index (Phi) is 4.40. The normalized spacial score (nSPS) is 21.0. The Morgan fingerprint density at radius 3 is 2.84 bits per heavy atom. The molecule has 0 bridgehead atoms. The van der Waals surface area contributed by atoms with E-state index in [9.17, 15) is 4.79 Å². The van der Waals surface area contributed by atoms with Crippen molar-refractivity contribution in [3.05, 3.63) is 41.6 Å². The fourth-order valence-corrected chi connectivity index (χ4v) is 3.01. The topological polar surface area (TPSA) is 77.7 Å². The van der Waals surface area contributed by atoms with Crippen LogP contribution in [0, 0.1) is 6.92 Å². The van der Waals surface area contributed by atoms with Crippen molar-refractivity contribution in [2.45, 2.75) is 38.4 Å². The van der Waals surface area contributed by atoms with Crippen molar-refractivity contribution in [1.29, 1.82) is 0 Å². The lowest BCUT2D eigenvalue weighted by molar-refractivity contribution is -0.0350. The molecular weight excluding hydrogens is 322 g/mol. The van der Waals surface area contributed by atoms with Gasteiger partial charge in [-0.3, -0.25) is 4.79 Å². The van der Waals surface area contributed by atoms with Gasteiger partial charge in [-0.25, -0.2) is 0 Å². The molecule has 1 aliphatic carbocycles. The maximum absolute atomic E-state index is 13.0. The minimum Gasteiger partial charge on any atom is -0.490 e. The summed E-state index contributed by atoms with van der Waals surface area (Å²) in [5.74, 6) is 1.50. The first-order valence-electron chi connectivity index (χ1n) is 8.67. The van der Waals surface area contributed by atoms with Crippen LogP contribution in [0.25, 0.3) is 0 Å². The average molecular weight is 343 g/mol. The molecule has 1 aromatic carbocycles. The third kappa shape index (κ3) is 3.37. The van der Waals surface area contributed by atoms with E-state index < -0.39 is 6.10 Å². The van der Waals surface area contributed by atoms with Gasteiger partial charge in [0, 0.05) is 13.5 Å². The van der Waals surface area contributed by atoms with E-state index in [4.69, 9.17) is 13.9 Å². The average Bonchev–Trinajstić information content (AvgIpc) is 3.04. The second-order valence-corrected chi connectivity index (χ2v) is 6.44. The largest absolute Gasteiger partial charge is 0.490 e. The van der Waals surface area contributed by atoms with Crippen LogP contribution in [0.15, 0.2) is 28.7 Å². The highest BCUT2D eigenvalue weighted by Crippen LogP contribution is 2.29. The van der Waals surface area contributed by atoms with E-state index in [2.05, 4.69) is 10.2 Å². The van der Waals surface area contributed by atoms with Crippen LogP contribution >= 0.6 is 0 Å². The number of para-hydroxylation sites is 1. The number of amides is 1. The van der Waals surface area contributed by atoms with Gasteiger partial charge in [-0.05, 0) is 31.4 Å². The summed E-state index contributed by atoms with van der Waals surface area (Å²) in [7, 11) is 0. The maximum atomic E-state index is 13.0. The smallest absolute Gasteiger partial charge is 0.257 e. The molecule has 2 heterocycles. The number of carbonyl (C=O) groups excluding carboxylic acids is 1. The lowest BCUT2D eigenvalue weighted by atomic mass is 9.96. The number of hydrogen-bond acceptors (Lipinski definition) is 6. The van der Waals surface area contributed by atoms with Crippen LogP contribution in [-0.2, 0) is 4.74 Å².